The Morgan fingerprint density at radius 3 is 2.47 bits per heavy atom. The van der Waals surface area contributed by atoms with Crippen molar-refractivity contribution in [2.45, 2.75) is 24.8 Å². The number of phenolic OH excluding ortho intramolecular Hbond substituents is 1. The fourth-order valence-electron chi connectivity index (χ4n) is 2.70. The molecule has 2 aromatic carbocycles. The molecule has 0 aliphatic carbocycles. The van der Waals surface area contributed by atoms with E-state index in [9.17, 15) is 24.1 Å². The first-order valence-corrected chi connectivity index (χ1v) is 10.3. The van der Waals surface area contributed by atoms with Crippen molar-refractivity contribution in [1.29, 1.82) is 0 Å². The summed E-state index contributed by atoms with van der Waals surface area (Å²) in [5, 5.41) is 28.4. The fourth-order valence-corrected chi connectivity index (χ4v) is 3.82. The molecule has 0 saturated carbocycles. The van der Waals surface area contributed by atoms with Gasteiger partial charge in [-0.25, -0.2) is 4.21 Å². The Kier molecular flexibility index (Phi) is 7.79. The number of nitrogens with one attached hydrogen (secondary N) is 3. The third-order valence-corrected chi connectivity index (χ3v) is 5.97. The van der Waals surface area contributed by atoms with Crippen LogP contribution in [0.25, 0.3) is 0 Å². The standard InChI is InChI=1S/C19H23ClN4O5S/c1-5-11(8-9-21-3)10(2)22-14-15(18(27)17(14)26)23-13-7-6-12(20)19(16(13)25)30(29)24(4)28/h5-10,21-23,25,28H,1-4H3/b9-8-,11-5+. The second-order valence-corrected chi connectivity index (χ2v) is 8.14. The van der Waals surface area contributed by atoms with E-state index in [-0.39, 0.29) is 33.0 Å². The van der Waals surface area contributed by atoms with E-state index >= 15 is 0 Å². The topological polar surface area (TPSA) is 131 Å². The molecule has 0 bridgehead atoms. The Bertz CT molecular complexity index is 1090. The number of hydroxylamine groups is 1. The van der Waals surface area contributed by atoms with Crippen LogP contribution in [-0.4, -0.2) is 39.1 Å². The highest BCUT2D eigenvalue weighted by Gasteiger charge is 2.26. The van der Waals surface area contributed by atoms with E-state index < -0.39 is 27.6 Å². The van der Waals surface area contributed by atoms with Gasteiger partial charge in [0.2, 0.25) is 0 Å². The van der Waals surface area contributed by atoms with E-state index in [4.69, 9.17) is 11.6 Å². The molecule has 162 valence electrons. The molecule has 30 heavy (non-hydrogen) atoms. The van der Waals surface area contributed by atoms with Gasteiger partial charge in [0.25, 0.3) is 10.9 Å². The van der Waals surface area contributed by atoms with Crippen molar-refractivity contribution in [3.05, 3.63) is 61.5 Å². The van der Waals surface area contributed by atoms with Gasteiger partial charge in [0.05, 0.1) is 10.7 Å². The Hall–Kier alpha value is -2.66. The maximum absolute atomic E-state index is 12.2. The van der Waals surface area contributed by atoms with Gasteiger partial charge in [0, 0.05) is 20.1 Å². The molecule has 0 aliphatic heterocycles. The average Bonchev–Trinajstić information content (AvgIpc) is 2.71. The molecule has 2 aromatic rings. The average molecular weight is 455 g/mol. The molecule has 5 N–H and O–H groups in total. The lowest BCUT2D eigenvalue weighted by Crippen LogP contribution is -2.38. The van der Waals surface area contributed by atoms with E-state index in [0.29, 0.717) is 4.47 Å². The maximum Gasteiger partial charge on any atom is 0.253 e. The van der Waals surface area contributed by atoms with E-state index in [0.717, 1.165) is 12.6 Å². The zero-order valence-corrected chi connectivity index (χ0v) is 18.4. The van der Waals surface area contributed by atoms with Crippen molar-refractivity contribution in [2.75, 3.05) is 24.7 Å². The number of halogens is 1. The summed E-state index contributed by atoms with van der Waals surface area (Å²) < 4.78 is 12.6. The largest absolute Gasteiger partial charge is 0.504 e. The van der Waals surface area contributed by atoms with Gasteiger partial charge in [-0.2, -0.15) is 0 Å². The molecule has 2 atom stereocenters. The van der Waals surface area contributed by atoms with E-state index in [1.165, 1.54) is 12.1 Å². The van der Waals surface area contributed by atoms with Crippen molar-refractivity contribution >= 4 is 39.6 Å². The summed E-state index contributed by atoms with van der Waals surface area (Å²) in [6.45, 7) is 3.68. The van der Waals surface area contributed by atoms with Crippen LogP contribution in [0.3, 0.4) is 0 Å². The number of phenols is 1. The van der Waals surface area contributed by atoms with Crippen LogP contribution >= 0.6 is 11.6 Å². The number of benzene rings is 1. The quantitative estimate of drug-likeness (QED) is 0.169. The number of allylic oxidation sites excluding steroid dienone is 1. The number of rotatable bonds is 9. The minimum Gasteiger partial charge on any atom is -0.504 e. The van der Waals surface area contributed by atoms with E-state index in [1.807, 2.05) is 26.0 Å². The number of nitrogens with zero attached hydrogens (tertiary/aromatic N) is 1. The Morgan fingerprint density at radius 1 is 1.27 bits per heavy atom. The molecule has 0 fully saturated rings. The first kappa shape index (κ1) is 23.6. The van der Waals surface area contributed by atoms with Crippen molar-refractivity contribution in [1.82, 2.24) is 9.79 Å². The van der Waals surface area contributed by atoms with Crippen LogP contribution in [0.2, 0.25) is 5.02 Å². The molecule has 0 heterocycles. The van der Waals surface area contributed by atoms with Crippen LogP contribution in [0.1, 0.15) is 13.8 Å². The van der Waals surface area contributed by atoms with Crippen LogP contribution in [0.5, 0.6) is 5.75 Å². The van der Waals surface area contributed by atoms with Crippen LogP contribution in [0.15, 0.2) is 50.5 Å². The number of anilines is 3. The third kappa shape index (κ3) is 4.73. The molecule has 9 nitrogen and oxygen atoms in total. The summed E-state index contributed by atoms with van der Waals surface area (Å²) in [7, 11) is 0.742. The minimum atomic E-state index is -2.15. The molecule has 0 spiro atoms. The summed E-state index contributed by atoms with van der Waals surface area (Å²) in [5.41, 5.74) is -0.527. The molecular weight excluding hydrogens is 432 g/mol. The van der Waals surface area contributed by atoms with Gasteiger partial charge in [-0.3, -0.25) is 9.59 Å². The van der Waals surface area contributed by atoms with Crippen molar-refractivity contribution in [3.63, 3.8) is 0 Å². The van der Waals surface area contributed by atoms with E-state index in [1.54, 1.807) is 13.2 Å². The van der Waals surface area contributed by atoms with Gasteiger partial charge < -0.3 is 26.3 Å². The summed E-state index contributed by atoms with van der Waals surface area (Å²) in [4.78, 5) is 24.0. The highest BCUT2D eigenvalue weighted by molar-refractivity contribution is 7.82. The molecule has 0 amide bonds. The maximum atomic E-state index is 12.2. The van der Waals surface area contributed by atoms with Gasteiger partial charge in [-0.1, -0.05) is 17.7 Å². The monoisotopic (exact) mass is 454 g/mol. The molecule has 2 unspecified atom stereocenters. The van der Waals surface area contributed by atoms with Crippen molar-refractivity contribution in [3.8, 4) is 5.75 Å². The smallest absolute Gasteiger partial charge is 0.253 e. The normalized spacial score (nSPS) is 14.3. The van der Waals surface area contributed by atoms with Gasteiger partial charge in [0.15, 0.2) is 16.7 Å². The first-order valence-electron chi connectivity index (χ1n) is 8.86. The molecule has 11 heteroatoms. The number of aromatic hydroxyl groups is 1. The lowest BCUT2D eigenvalue weighted by molar-refractivity contribution is 0.0378. The molecule has 2 rings (SSSR count). The predicted octanol–water partition coefficient (Wildman–Crippen LogP) is 2.21. The minimum absolute atomic E-state index is 0.00809. The Balaban J connectivity index is 2.37. The molecule has 0 saturated heterocycles. The number of hydrogen-bond donors (Lipinski definition) is 5. The van der Waals surface area contributed by atoms with Crippen molar-refractivity contribution in [2.24, 2.45) is 0 Å². The Morgan fingerprint density at radius 2 is 1.90 bits per heavy atom. The molecule has 0 aromatic heterocycles. The van der Waals surface area contributed by atoms with Crippen molar-refractivity contribution < 1.29 is 14.5 Å². The highest BCUT2D eigenvalue weighted by Crippen LogP contribution is 2.38. The van der Waals surface area contributed by atoms with Gasteiger partial charge in [-0.15, -0.1) is 4.47 Å². The molecule has 0 radical (unpaired) electrons. The van der Waals surface area contributed by atoms with E-state index in [2.05, 4.69) is 16.0 Å². The van der Waals surface area contributed by atoms with Crippen LogP contribution in [-0.2, 0) is 11.0 Å². The second-order valence-electron chi connectivity index (χ2n) is 6.30. The summed E-state index contributed by atoms with van der Waals surface area (Å²) >= 11 is 5.98. The Labute approximate surface area is 180 Å². The van der Waals surface area contributed by atoms with Gasteiger partial charge in [0.1, 0.15) is 16.3 Å². The fraction of sp³-hybridized carbons (Fsp3) is 0.263. The SMILES string of the molecule is C/C=C(\C=C/NC)C(C)Nc1c(Nc2ccc(Cl)c(S(=O)N(C)O)c2O)c(=O)c1=O. The number of hydrogen-bond acceptors (Lipinski definition) is 8. The summed E-state index contributed by atoms with van der Waals surface area (Å²) in [6, 6.07) is 2.43. The first-order chi connectivity index (χ1) is 14.1. The summed E-state index contributed by atoms with van der Waals surface area (Å²) in [6.07, 6.45) is 5.43. The third-order valence-electron chi connectivity index (χ3n) is 4.30. The highest BCUT2D eigenvalue weighted by atomic mass is 35.5. The molecular formula is C19H23ClN4O5S. The lowest BCUT2D eigenvalue weighted by atomic mass is 10.1. The zero-order valence-electron chi connectivity index (χ0n) is 16.8. The van der Waals surface area contributed by atoms with Crippen LogP contribution < -0.4 is 26.8 Å². The zero-order chi connectivity index (χ0) is 22.6. The molecule has 0 aliphatic rings. The van der Waals surface area contributed by atoms with Gasteiger partial charge >= 0.3 is 0 Å². The van der Waals surface area contributed by atoms with Gasteiger partial charge in [-0.05, 0) is 43.8 Å². The second kappa shape index (κ2) is 9.90. The predicted molar refractivity (Wildman–Crippen MR) is 119 cm³/mol. The summed E-state index contributed by atoms with van der Waals surface area (Å²) in [5.74, 6) is -0.514. The van der Waals surface area contributed by atoms with Crippen LogP contribution in [0, 0.1) is 0 Å². The lowest BCUT2D eigenvalue weighted by Gasteiger charge is -2.21. The van der Waals surface area contributed by atoms with Crippen LogP contribution in [0.4, 0.5) is 17.1 Å².